The fourth-order valence-corrected chi connectivity index (χ4v) is 3.41. The smallest absolute Gasteiger partial charge is 0.310 e. The summed E-state index contributed by atoms with van der Waals surface area (Å²) in [6, 6.07) is 4.25. The Morgan fingerprint density at radius 2 is 2.08 bits per heavy atom. The number of carbonyl (C=O) groups is 1. The van der Waals surface area contributed by atoms with Gasteiger partial charge in [0.25, 0.3) is 0 Å². The average molecular weight is 400 g/mol. The highest BCUT2D eigenvalue weighted by Gasteiger charge is 2.29. The standard InChI is InChI=1S/C15H18ClN5O4S/c1-15(2,13(22)23)8-20-26(24,25)10-3-4-11-9(5-10)6-19-7-12(11)21(16)14(17)18/h3-7,20H,8H2,1-2H3,(H3,17,18)(H,22,23). The molecule has 5 N–H and O–H groups in total. The van der Waals surface area contributed by atoms with E-state index in [0.29, 0.717) is 16.5 Å². The van der Waals surface area contributed by atoms with Crippen molar-refractivity contribution in [1.82, 2.24) is 9.71 Å². The van der Waals surface area contributed by atoms with Gasteiger partial charge in [0.1, 0.15) is 0 Å². The van der Waals surface area contributed by atoms with E-state index >= 15 is 0 Å². The number of hydrogen-bond donors (Lipinski definition) is 4. The first-order valence-electron chi connectivity index (χ1n) is 7.36. The van der Waals surface area contributed by atoms with E-state index in [-0.39, 0.29) is 11.4 Å². The van der Waals surface area contributed by atoms with E-state index in [1.54, 1.807) is 0 Å². The number of pyridine rings is 1. The van der Waals surface area contributed by atoms with E-state index in [1.165, 1.54) is 44.4 Å². The predicted molar refractivity (Wildman–Crippen MR) is 98.6 cm³/mol. The molecule has 1 aromatic carbocycles. The molecule has 0 bridgehead atoms. The van der Waals surface area contributed by atoms with Crippen molar-refractivity contribution in [2.24, 2.45) is 11.1 Å². The Labute approximate surface area is 155 Å². The number of rotatable bonds is 6. The van der Waals surface area contributed by atoms with Crippen LogP contribution in [0.2, 0.25) is 0 Å². The van der Waals surface area contributed by atoms with Crippen molar-refractivity contribution in [3.63, 3.8) is 0 Å². The number of halogens is 1. The van der Waals surface area contributed by atoms with Crippen molar-refractivity contribution in [3.05, 3.63) is 30.6 Å². The van der Waals surface area contributed by atoms with Crippen LogP contribution in [0.5, 0.6) is 0 Å². The van der Waals surface area contributed by atoms with E-state index in [4.69, 9.17) is 28.0 Å². The molecule has 0 aliphatic heterocycles. The largest absolute Gasteiger partial charge is 0.481 e. The molecule has 0 aliphatic rings. The molecular formula is C15H18ClN5O4S. The molecule has 1 aromatic heterocycles. The van der Waals surface area contributed by atoms with Crippen LogP contribution in [0.25, 0.3) is 10.8 Å². The number of nitrogens with two attached hydrogens (primary N) is 1. The number of fused-ring (bicyclic) bond motifs is 1. The molecular weight excluding hydrogens is 382 g/mol. The van der Waals surface area contributed by atoms with Gasteiger partial charge in [-0.1, -0.05) is 6.07 Å². The highest BCUT2D eigenvalue weighted by molar-refractivity contribution is 7.89. The quantitative estimate of drug-likeness (QED) is 0.326. The summed E-state index contributed by atoms with van der Waals surface area (Å²) in [5, 5.41) is 17.5. The first kappa shape index (κ1) is 19.9. The van der Waals surface area contributed by atoms with Crippen molar-refractivity contribution in [2.75, 3.05) is 11.0 Å². The van der Waals surface area contributed by atoms with E-state index in [0.717, 1.165) is 4.42 Å². The third-order valence-electron chi connectivity index (χ3n) is 3.73. The summed E-state index contributed by atoms with van der Waals surface area (Å²) in [6.45, 7) is 2.58. The minimum absolute atomic E-state index is 0.0471. The maximum absolute atomic E-state index is 12.5. The highest BCUT2D eigenvalue weighted by Crippen LogP contribution is 2.28. The number of carboxylic acid groups (broad SMARTS) is 1. The number of hydrogen-bond acceptors (Lipinski definition) is 5. The van der Waals surface area contributed by atoms with Crippen molar-refractivity contribution in [3.8, 4) is 0 Å². The summed E-state index contributed by atoms with van der Waals surface area (Å²) in [4.78, 5) is 15.0. The van der Waals surface area contributed by atoms with Crippen LogP contribution in [-0.4, -0.2) is 37.0 Å². The Kier molecular flexibility index (Phi) is 5.40. The lowest BCUT2D eigenvalue weighted by molar-refractivity contribution is -0.146. The first-order valence-corrected chi connectivity index (χ1v) is 9.18. The molecule has 1 heterocycles. The fraction of sp³-hybridized carbons (Fsp3) is 0.267. The summed E-state index contributed by atoms with van der Waals surface area (Å²) in [7, 11) is -3.92. The minimum atomic E-state index is -3.92. The molecule has 2 rings (SSSR count). The summed E-state index contributed by atoms with van der Waals surface area (Å²) in [6.07, 6.45) is 2.85. The van der Waals surface area contributed by atoms with E-state index < -0.39 is 27.4 Å². The Hall–Kier alpha value is -2.43. The van der Waals surface area contributed by atoms with Gasteiger partial charge in [0.15, 0.2) is 0 Å². The SMILES string of the molecule is CC(C)(CNS(=O)(=O)c1ccc2c(N(Cl)C(=N)N)cncc2c1)C(=O)O. The molecule has 0 saturated heterocycles. The number of sulfonamides is 1. The van der Waals surface area contributed by atoms with Crippen LogP contribution in [0, 0.1) is 10.8 Å². The van der Waals surface area contributed by atoms with Crippen LogP contribution in [0.3, 0.4) is 0 Å². The van der Waals surface area contributed by atoms with Gasteiger partial charge in [-0.3, -0.25) is 15.2 Å². The Balaban J connectivity index is 2.40. The van der Waals surface area contributed by atoms with Crippen molar-refractivity contribution in [2.45, 2.75) is 18.7 Å². The van der Waals surface area contributed by atoms with E-state index in [1.807, 2.05) is 0 Å². The number of aromatic nitrogens is 1. The molecule has 0 unspecified atom stereocenters. The van der Waals surface area contributed by atoms with Gasteiger partial charge in [-0.05, 0) is 26.0 Å². The number of aliphatic carboxylic acids is 1. The molecule has 0 fully saturated rings. The third kappa shape index (κ3) is 4.03. The zero-order valence-electron chi connectivity index (χ0n) is 14.0. The number of benzene rings is 1. The zero-order chi connectivity index (χ0) is 19.7. The molecule has 0 spiro atoms. The lowest BCUT2D eigenvalue weighted by Gasteiger charge is -2.19. The van der Waals surface area contributed by atoms with E-state index in [9.17, 15) is 13.2 Å². The molecule has 11 heteroatoms. The van der Waals surface area contributed by atoms with Crippen LogP contribution < -0.4 is 14.9 Å². The predicted octanol–water partition coefficient (Wildman–Crippen LogP) is 1.48. The van der Waals surface area contributed by atoms with Gasteiger partial charge in [0.05, 0.1) is 22.2 Å². The van der Waals surface area contributed by atoms with Crippen molar-refractivity contribution in [1.29, 1.82) is 5.41 Å². The number of nitrogens with zero attached hydrogens (tertiary/aromatic N) is 2. The molecule has 0 saturated carbocycles. The topological polar surface area (TPSA) is 149 Å². The molecule has 9 nitrogen and oxygen atoms in total. The van der Waals surface area contributed by atoms with Crippen LogP contribution in [-0.2, 0) is 14.8 Å². The monoisotopic (exact) mass is 399 g/mol. The molecule has 0 amide bonds. The second-order valence-electron chi connectivity index (χ2n) is 6.22. The molecule has 2 aromatic rings. The molecule has 26 heavy (non-hydrogen) atoms. The maximum atomic E-state index is 12.5. The molecule has 0 radical (unpaired) electrons. The molecule has 140 valence electrons. The summed E-state index contributed by atoms with van der Waals surface area (Å²) >= 11 is 5.94. The Morgan fingerprint density at radius 3 is 2.65 bits per heavy atom. The third-order valence-corrected chi connectivity index (χ3v) is 5.49. The van der Waals surface area contributed by atoms with Crippen LogP contribution in [0.15, 0.2) is 35.5 Å². The summed E-state index contributed by atoms with van der Waals surface area (Å²) in [5.41, 5.74) is 4.44. The van der Waals surface area contributed by atoms with E-state index in [2.05, 4.69) is 9.71 Å². The number of guanidine groups is 1. The lowest BCUT2D eigenvalue weighted by Crippen LogP contribution is -2.38. The zero-order valence-corrected chi connectivity index (χ0v) is 15.6. The van der Waals surface area contributed by atoms with Gasteiger partial charge >= 0.3 is 5.97 Å². The van der Waals surface area contributed by atoms with Gasteiger partial charge < -0.3 is 10.8 Å². The maximum Gasteiger partial charge on any atom is 0.310 e. The van der Waals surface area contributed by atoms with Crippen molar-refractivity contribution >= 4 is 50.2 Å². The van der Waals surface area contributed by atoms with Gasteiger partial charge in [-0.15, -0.1) is 0 Å². The van der Waals surface area contributed by atoms with Gasteiger partial charge in [0, 0.05) is 35.3 Å². The molecule has 0 atom stereocenters. The second-order valence-corrected chi connectivity index (χ2v) is 8.33. The highest BCUT2D eigenvalue weighted by atomic mass is 35.5. The average Bonchev–Trinajstić information content (AvgIpc) is 2.58. The Morgan fingerprint density at radius 1 is 1.42 bits per heavy atom. The van der Waals surface area contributed by atoms with Gasteiger partial charge in [-0.2, -0.15) is 0 Å². The van der Waals surface area contributed by atoms with Gasteiger partial charge in [-0.25, -0.2) is 17.6 Å². The van der Waals surface area contributed by atoms with Gasteiger partial charge in [0.2, 0.25) is 16.0 Å². The normalized spacial score (nSPS) is 12.1. The minimum Gasteiger partial charge on any atom is -0.481 e. The lowest BCUT2D eigenvalue weighted by atomic mass is 9.95. The van der Waals surface area contributed by atoms with Crippen LogP contribution in [0.1, 0.15) is 13.8 Å². The molecule has 0 aliphatic carbocycles. The van der Waals surface area contributed by atoms with Crippen LogP contribution >= 0.6 is 11.8 Å². The Bertz CT molecular complexity index is 977. The number of carboxylic acids is 1. The summed E-state index contributed by atoms with van der Waals surface area (Å²) < 4.78 is 28.1. The second kappa shape index (κ2) is 7.06. The summed E-state index contributed by atoms with van der Waals surface area (Å²) in [5.74, 6) is -1.52. The number of anilines is 1. The van der Waals surface area contributed by atoms with Crippen molar-refractivity contribution < 1.29 is 18.3 Å². The van der Waals surface area contributed by atoms with Crippen LogP contribution in [0.4, 0.5) is 5.69 Å². The number of nitrogens with one attached hydrogen (secondary N) is 2. The fourth-order valence-electron chi connectivity index (χ4n) is 2.03. The first-order chi connectivity index (χ1) is 12.0.